The zero-order valence-corrected chi connectivity index (χ0v) is 16.0. The van der Waals surface area contributed by atoms with Crippen LogP contribution in [0.5, 0.6) is 0 Å². The summed E-state index contributed by atoms with van der Waals surface area (Å²) >= 11 is 0. The number of esters is 1. The number of ether oxygens (including phenoxy) is 2. The van der Waals surface area contributed by atoms with Gasteiger partial charge in [0.1, 0.15) is 23.6 Å². The number of rotatable bonds is 8. The molecule has 1 aliphatic heterocycles. The Morgan fingerprint density at radius 2 is 2.12 bits per heavy atom. The molecule has 0 spiro atoms. The van der Waals surface area contributed by atoms with Crippen LogP contribution in [0, 0.1) is 6.92 Å². The fourth-order valence-corrected chi connectivity index (χ4v) is 2.77. The fraction of sp³-hybridized carbons (Fsp3) is 0.667. The number of guanidine groups is 1. The number of morpholine rings is 1. The average molecular weight is 366 g/mol. The summed E-state index contributed by atoms with van der Waals surface area (Å²) in [5, 5.41) is 6.55. The predicted octanol–water partition coefficient (Wildman–Crippen LogP) is 1.15. The van der Waals surface area contributed by atoms with Crippen LogP contribution in [0.3, 0.4) is 0 Å². The maximum atomic E-state index is 11.6. The number of aliphatic imine (C=N–C) groups is 1. The Morgan fingerprint density at radius 1 is 1.35 bits per heavy atom. The van der Waals surface area contributed by atoms with Gasteiger partial charge in [0.2, 0.25) is 0 Å². The third kappa shape index (κ3) is 6.34. The van der Waals surface area contributed by atoms with Crippen molar-refractivity contribution in [1.82, 2.24) is 15.5 Å². The van der Waals surface area contributed by atoms with Crippen LogP contribution in [0.25, 0.3) is 0 Å². The van der Waals surface area contributed by atoms with Gasteiger partial charge in [0.05, 0.1) is 20.3 Å². The lowest BCUT2D eigenvalue weighted by atomic mass is 10.2. The zero-order chi connectivity index (χ0) is 18.8. The summed E-state index contributed by atoms with van der Waals surface area (Å²) < 4.78 is 15.7. The van der Waals surface area contributed by atoms with Crippen molar-refractivity contribution in [3.8, 4) is 0 Å². The SMILES string of the molecule is CCNC(=NCc1cc(C(=O)OC)c(C)o1)NCCCN1CCOCC1. The van der Waals surface area contributed by atoms with Gasteiger partial charge in [0.25, 0.3) is 0 Å². The molecule has 1 aromatic rings. The van der Waals surface area contributed by atoms with Gasteiger partial charge in [-0.25, -0.2) is 9.79 Å². The molecule has 1 aromatic heterocycles. The minimum atomic E-state index is -0.394. The first-order valence-corrected chi connectivity index (χ1v) is 9.14. The first-order valence-electron chi connectivity index (χ1n) is 9.14. The van der Waals surface area contributed by atoms with Gasteiger partial charge >= 0.3 is 5.97 Å². The summed E-state index contributed by atoms with van der Waals surface area (Å²) in [5.41, 5.74) is 0.446. The Balaban J connectivity index is 1.81. The van der Waals surface area contributed by atoms with Crippen LogP contribution in [0.15, 0.2) is 15.5 Å². The lowest BCUT2D eigenvalue weighted by Gasteiger charge is -2.26. The van der Waals surface area contributed by atoms with E-state index < -0.39 is 5.97 Å². The van der Waals surface area contributed by atoms with E-state index in [0.717, 1.165) is 58.3 Å². The number of aryl methyl sites for hydroxylation is 1. The molecule has 146 valence electrons. The molecule has 0 radical (unpaired) electrons. The van der Waals surface area contributed by atoms with Crippen molar-refractivity contribution in [2.75, 3.05) is 53.0 Å². The maximum absolute atomic E-state index is 11.6. The summed E-state index contributed by atoms with van der Waals surface area (Å²) in [6.07, 6.45) is 1.04. The molecule has 0 amide bonds. The van der Waals surface area contributed by atoms with E-state index >= 15 is 0 Å². The molecule has 0 bridgehead atoms. The van der Waals surface area contributed by atoms with E-state index in [1.165, 1.54) is 7.11 Å². The number of carbonyl (C=O) groups is 1. The molecule has 2 heterocycles. The molecule has 8 nitrogen and oxygen atoms in total. The predicted molar refractivity (Wildman–Crippen MR) is 99.5 cm³/mol. The highest BCUT2D eigenvalue weighted by atomic mass is 16.5. The standard InChI is InChI=1S/C18H30N4O4/c1-4-19-18(20-6-5-7-22-8-10-25-11-9-22)21-13-15-12-16(14(2)26-15)17(23)24-3/h12H,4-11,13H2,1-3H3,(H2,19,20,21). The Labute approximate surface area is 154 Å². The molecular weight excluding hydrogens is 336 g/mol. The monoisotopic (exact) mass is 366 g/mol. The Morgan fingerprint density at radius 3 is 2.81 bits per heavy atom. The first-order chi connectivity index (χ1) is 12.6. The second-order valence-corrected chi connectivity index (χ2v) is 6.10. The molecule has 26 heavy (non-hydrogen) atoms. The molecule has 0 aromatic carbocycles. The molecule has 8 heteroatoms. The molecule has 0 unspecified atom stereocenters. The third-order valence-corrected chi connectivity index (χ3v) is 4.16. The van der Waals surface area contributed by atoms with Gasteiger partial charge in [-0.1, -0.05) is 0 Å². The van der Waals surface area contributed by atoms with Gasteiger partial charge in [-0.2, -0.15) is 0 Å². The van der Waals surface area contributed by atoms with Gasteiger partial charge in [-0.15, -0.1) is 0 Å². The van der Waals surface area contributed by atoms with Crippen LogP contribution in [-0.2, 0) is 16.0 Å². The van der Waals surface area contributed by atoms with Gasteiger partial charge in [-0.3, -0.25) is 4.90 Å². The lowest BCUT2D eigenvalue weighted by Crippen LogP contribution is -2.40. The highest BCUT2D eigenvalue weighted by molar-refractivity contribution is 5.90. The van der Waals surface area contributed by atoms with E-state index in [4.69, 9.17) is 13.9 Å². The Kier molecular flexibility index (Phi) is 8.43. The van der Waals surface area contributed by atoms with E-state index in [2.05, 4.69) is 20.5 Å². The summed E-state index contributed by atoms with van der Waals surface area (Å²) in [7, 11) is 1.36. The van der Waals surface area contributed by atoms with Crippen LogP contribution in [0.1, 0.15) is 35.2 Å². The van der Waals surface area contributed by atoms with Crippen molar-refractivity contribution in [2.24, 2.45) is 4.99 Å². The highest BCUT2D eigenvalue weighted by Crippen LogP contribution is 2.16. The molecule has 2 rings (SSSR count). The molecule has 0 saturated carbocycles. The normalized spacial score (nSPS) is 15.7. The summed E-state index contributed by atoms with van der Waals surface area (Å²) in [5.74, 6) is 1.52. The minimum absolute atomic E-state index is 0.358. The number of nitrogens with one attached hydrogen (secondary N) is 2. The molecular formula is C18H30N4O4. The first kappa shape index (κ1) is 20.3. The van der Waals surface area contributed by atoms with Crippen LogP contribution in [0.4, 0.5) is 0 Å². The number of furan rings is 1. The van der Waals surface area contributed by atoms with Crippen LogP contribution in [-0.4, -0.2) is 69.9 Å². The molecule has 0 aliphatic carbocycles. The minimum Gasteiger partial charge on any atom is -0.465 e. The van der Waals surface area contributed by atoms with Gasteiger partial charge < -0.3 is 24.5 Å². The number of hydrogen-bond acceptors (Lipinski definition) is 6. The number of carbonyl (C=O) groups excluding carboxylic acids is 1. The van der Waals surface area contributed by atoms with Crippen molar-refractivity contribution in [1.29, 1.82) is 0 Å². The summed E-state index contributed by atoms with van der Waals surface area (Å²) in [6.45, 7) is 10.5. The Hall–Kier alpha value is -2.06. The van der Waals surface area contributed by atoms with E-state index in [0.29, 0.717) is 23.6 Å². The molecule has 1 aliphatic rings. The lowest BCUT2D eigenvalue weighted by molar-refractivity contribution is 0.0376. The topological polar surface area (TPSA) is 88.3 Å². The smallest absolute Gasteiger partial charge is 0.341 e. The van der Waals surface area contributed by atoms with Crippen LogP contribution >= 0.6 is 0 Å². The van der Waals surface area contributed by atoms with E-state index in [1.807, 2.05) is 6.92 Å². The summed E-state index contributed by atoms with van der Waals surface area (Å²) in [4.78, 5) is 18.6. The van der Waals surface area contributed by atoms with Crippen LogP contribution in [0.2, 0.25) is 0 Å². The van der Waals surface area contributed by atoms with Crippen molar-refractivity contribution in [2.45, 2.75) is 26.8 Å². The van der Waals surface area contributed by atoms with Crippen molar-refractivity contribution >= 4 is 11.9 Å². The van der Waals surface area contributed by atoms with Crippen molar-refractivity contribution in [3.63, 3.8) is 0 Å². The average Bonchev–Trinajstić information content (AvgIpc) is 3.04. The van der Waals surface area contributed by atoms with Crippen molar-refractivity contribution in [3.05, 3.63) is 23.2 Å². The van der Waals surface area contributed by atoms with Crippen molar-refractivity contribution < 1.29 is 18.7 Å². The van der Waals surface area contributed by atoms with E-state index in [1.54, 1.807) is 13.0 Å². The maximum Gasteiger partial charge on any atom is 0.341 e. The number of methoxy groups -OCH3 is 1. The summed E-state index contributed by atoms with van der Waals surface area (Å²) in [6, 6.07) is 1.69. The van der Waals surface area contributed by atoms with Gasteiger partial charge in [0, 0.05) is 26.2 Å². The zero-order valence-electron chi connectivity index (χ0n) is 16.0. The largest absolute Gasteiger partial charge is 0.465 e. The van der Waals surface area contributed by atoms with E-state index in [-0.39, 0.29) is 0 Å². The molecule has 1 fully saturated rings. The quantitative estimate of drug-likeness (QED) is 0.309. The number of nitrogens with zero attached hydrogens (tertiary/aromatic N) is 2. The highest BCUT2D eigenvalue weighted by Gasteiger charge is 2.15. The van der Waals surface area contributed by atoms with Gasteiger partial charge in [-0.05, 0) is 32.9 Å². The van der Waals surface area contributed by atoms with E-state index in [9.17, 15) is 4.79 Å². The van der Waals surface area contributed by atoms with Gasteiger partial charge in [0.15, 0.2) is 5.96 Å². The molecule has 1 saturated heterocycles. The number of hydrogen-bond donors (Lipinski definition) is 2. The fourth-order valence-electron chi connectivity index (χ4n) is 2.77. The second kappa shape index (κ2) is 10.8. The second-order valence-electron chi connectivity index (χ2n) is 6.10. The third-order valence-electron chi connectivity index (χ3n) is 4.16. The molecule has 0 atom stereocenters. The Bertz CT molecular complexity index is 594. The van der Waals surface area contributed by atoms with Crippen LogP contribution < -0.4 is 10.6 Å². The molecule has 2 N–H and O–H groups in total.